The number of sulfonamides is 1. The van der Waals surface area contributed by atoms with Gasteiger partial charge in [0.1, 0.15) is 0 Å². The third-order valence-corrected chi connectivity index (χ3v) is 5.35. The van der Waals surface area contributed by atoms with Crippen molar-refractivity contribution < 1.29 is 21.6 Å². The second-order valence-electron chi connectivity index (χ2n) is 5.16. The third-order valence-electron chi connectivity index (χ3n) is 3.42. The van der Waals surface area contributed by atoms with Crippen LogP contribution in [0.25, 0.3) is 0 Å². The van der Waals surface area contributed by atoms with Gasteiger partial charge in [-0.15, -0.1) is 0 Å². The lowest BCUT2D eigenvalue weighted by atomic mass is 9.99. The first-order chi connectivity index (χ1) is 9.27. The Hall–Kier alpha value is -0.340. The van der Waals surface area contributed by atoms with Crippen LogP contribution < -0.4 is 5.32 Å². The van der Waals surface area contributed by atoms with Gasteiger partial charge in [-0.25, -0.2) is 12.7 Å². The van der Waals surface area contributed by atoms with Crippen molar-refractivity contribution >= 4 is 10.0 Å². The molecular weight excluding hydrogens is 293 g/mol. The highest BCUT2D eigenvalue weighted by molar-refractivity contribution is 7.89. The Bertz CT molecular complexity index is 385. The summed E-state index contributed by atoms with van der Waals surface area (Å²) in [5.41, 5.74) is 0. The zero-order valence-corrected chi connectivity index (χ0v) is 12.6. The van der Waals surface area contributed by atoms with Crippen LogP contribution in [0.1, 0.15) is 32.6 Å². The van der Waals surface area contributed by atoms with Crippen LogP contribution in [0.5, 0.6) is 0 Å². The van der Waals surface area contributed by atoms with Gasteiger partial charge in [-0.3, -0.25) is 0 Å². The van der Waals surface area contributed by atoms with Gasteiger partial charge in [-0.1, -0.05) is 6.92 Å². The van der Waals surface area contributed by atoms with E-state index in [4.69, 9.17) is 0 Å². The molecule has 0 bridgehead atoms. The number of alkyl halides is 3. The maximum absolute atomic E-state index is 12.7. The molecule has 8 heteroatoms. The Labute approximate surface area is 118 Å². The summed E-state index contributed by atoms with van der Waals surface area (Å²) >= 11 is 0. The molecule has 120 valence electrons. The molecule has 0 aromatic heterocycles. The highest BCUT2D eigenvalue weighted by atomic mass is 32.2. The number of piperidine rings is 1. The van der Waals surface area contributed by atoms with E-state index in [0.717, 1.165) is 17.3 Å². The van der Waals surface area contributed by atoms with Gasteiger partial charge in [0.25, 0.3) is 0 Å². The van der Waals surface area contributed by atoms with Crippen molar-refractivity contribution in [3.63, 3.8) is 0 Å². The van der Waals surface area contributed by atoms with Gasteiger partial charge in [0, 0.05) is 13.1 Å². The lowest BCUT2D eigenvalue weighted by molar-refractivity contribution is -0.182. The fraction of sp³-hybridized carbons (Fsp3) is 1.00. The van der Waals surface area contributed by atoms with E-state index in [-0.39, 0.29) is 25.1 Å². The normalized spacial score (nSPS) is 22.1. The lowest BCUT2D eigenvalue weighted by Crippen LogP contribution is -2.45. The highest BCUT2D eigenvalue weighted by Gasteiger charge is 2.43. The summed E-state index contributed by atoms with van der Waals surface area (Å²) in [5.74, 6) is -1.61. The molecule has 1 heterocycles. The summed E-state index contributed by atoms with van der Waals surface area (Å²) in [6.07, 6.45) is -2.62. The number of halogens is 3. The molecule has 1 N–H and O–H groups in total. The molecule has 0 aromatic carbocycles. The van der Waals surface area contributed by atoms with Crippen LogP contribution in [0.4, 0.5) is 13.2 Å². The van der Waals surface area contributed by atoms with E-state index in [1.165, 1.54) is 0 Å². The molecule has 1 aliphatic rings. The quantitative estimate of drug-likeness (QED) is 0.731. The minimum Gasteiger partial charge on any atom is -0.317 e. The molecular formula is C12H23F3N2O2S. The van der Waals surface area contributed by atoms with Crippen LogP contribution in [0, 0.1) is 5.92 Å². The van der Waals surface area contributed by atoms with Crippen molar-refractivity contribution in [2.24, 2.45) is 5.92 Å². The van der Waals surface area contributed by atoms with Crippen molar-refractivity contribution in [2.45, 2.75) is 38.8 Å². The van der Waals surface area contributed by atoms with E-state index in [2.05, 4.69) is 5.32 Å². The molecule has 1 rings (SSSR count). The summed E-state index contributed by atoms with van der Waals surface area (Å²) in [4.78, 5) is 0. The van der Waals surface area contributed by atoms with Crippen molar-refractivity contribution in [1.82, 2.24) is 9.62 Å². The average Bonchev–Trinajstić information content (AvgIpc) is 2.37. The van der Waals surface area contributed by atoms with Crippen molar-refractivity contribution in [2.75, 3.05) is 31.9 Å². The van der Waals surface area contributed by atoms with E-state index in [9.17, 15) is 21.6 Å². The SMILES string of the molecule is CCCNCCCS(=O)(=O)N1CCCC(C(F)(F)F)C1. The number of nitrogens with one attached hydrogen (secondary N) is 1. The Morgan fingerprint density at radius 1 is 1.30 bits per heavy atom. The summed E-state index contributed by atoms with van der Waals surface area (Å²) in [7, 11) is -3.57. The number of hydrogen-bond donors (Lipinski definition) is 1. The molecule has 0 amide bonds. The first kappa shape index (κ1) is 17.7. The van der Waals surface area contributed by atoms with E-state index in [1.54, 1.807) is 0 Å². The standard InChI is InChI=1S/C12H23F3N2O2S/c1-2-6-16-7-4-9-20(18,19)17-8-3-5-11(10-17)12(13,14)15/h11,16H,2-10H2,1H3. The monoisotopic (exact) mass is 316 g/mol. The maximum atomic E-state index is 12.7. The number of nitrogens with zero attached hydrogens (tertiary/aromatic N) is 1. The number of rotatable bonds is 7. The van der Waals surface area contributed by atoms with E-state index < -0.39 is 28.7 Å². The van der Waals surface area contributed by atoms with Crippen LogP contribution in [0.2, 0.25) is 0 Å². The lowest BCUT2D eigenvalue weighted by Gasteiger charge is -2.32. The predicted octanol–water partition coefficient (Wildman–Crippen LogP) is 1.98. The molecule has 20 heavy (non-hydrogen) atoms. The first-order valence-electron chi connectivity index (χ1n) is 7.02. The topological polar surface area (TPSA) is 49.4 Å². The summed E-state index contributed by atoms with van der Waals surface area (Å²) in [6.45, 7) is 3.18. The fourth-order valence-electron chi connectivity index (χ4n) is 2.27. The smallest absolute Gasteiger partial charge is 0.317 e. The minimum atomic E-state index is -4.31. The Morgan fingerprint density at radius 2 is 2.00 bits per heavy atom. The van der Waals surface area contributed by atoms with Gasteiger partial charge in [0.05, 0.1) is 11.7 Å². The Kier molecular flexibility index (Phi) is 6.74. The van der Waals surface area contributed by atoms with Gasteiger partial charge < -0.3 is 5.32 Å². The van der Waals surface area contributed by atoms with Gasteiger partial charge in [-0.05, 0) is 38.8 Å². The van der Waals surface area contributed by atoms with E-state index >= 15 is 0 Å². The number of hydrogen-bond acceptors (Lipinski definition) is 3. The molecule has 1 fully saturated rings. The van der Waals surface area contributed by atoms with Crippen LogP contribution in [0.3, 0.4) is 0 Å². The second kappa shape index (κ2) is 7.61. The van der Waals surface area contributed by atoms with Gasteiger partial charge in [0.2, 0.25) is 10.0 Å². The summed E-state index contributed by atoms with van der Waals surface area (Å²) in [5, 5.41) is 3.08. The van der Waals surface area contributed by atoms with Crippen molar-refractivity contribution in [1.29, 1.82) is 0 Å². The summed E-state index contributed by atoms with van der Waals surface area (Å²) in [6, 6.07) is 0. The molecule has 0 aliphatic carbocycles. The Balaban J connectivity index is 2.46. The van der Waals surface area contributed by atoms with E-state index in [0.29, 0.717) is 13.0 Å². The zero-order valence-electron chi connectivity index (χ0n) is 11.7. The van der Waals surface area contributed by atoms with Gasteiger partial charge in [-0.2, -0.15) is 13.2 Å². The molecule has 0 radical (unpaired) electrons. The van der Waals surface area contributed by atoms with Crippen LogP contribution >= 0.6 is 0 Å². The molecule has 1 saturated heterocycles. The molecule has 1 atom stereocenters. The molecule has 1 unspecified atom stereocenters. The minimum absolute atomic E-state index is 0.0214. The van der Waals surface area contributed by atoms with Crippen LogP contribution in [-0.2, 0) is 10.0 Å². The Morgan fingerprint density at radius 3 is 2.60 bits per heavy atom. The van der Waals surface area contributed by atoms with Gasteiger partial charge in [0.15, 0.2) is 0 Å². The molecule has 0 saturated carbocycles. The second-order valence-corrected chi connectivity index (χ2v) is 7.25. The maximum Gasteiger partial charge on any atom is 0.393 e. The molecule has 4 nitrogen and oxygen atoms in total. The molecule has 1 aliphatic heterocycles. The van der Waals surface area contributed by atoms with E-state index in [1.807, 2.05) is 6.92 Å². The molecule has 0 aromatic rings. The first-order valence-corrected chi connectivity index (χ1v) is 8.63. The average molecular weight is 316 g/mol. The largest absolute Gasteiger partial charge is 0.393 e. The highest BCUT2D eigenvalue weighted by Crippen LogP contribution is 2.33. The van der Waals surface area contributed by atoms with Crippen molar-refractivity contribution in [3.8, 4) is 0 Å². The fourth-order valence-corrected chi connectivity index (χ4v) is 3.85. The predicted molar refractivity (Wildman–Crippen MR) is 71.9 cm³/mol. The molecule has 0 spiro atoms. The summed E-state index contributed by atoms with van der Waals surface area (Å²) < 4.78 is 63.0. The zero-order chi connectivity index (χ0) is 15.2. The van der Waals surface area contributed by atoms with Crippen LogP contribution in [-0.4, -0.2) is 50.8 Å². The van der Waals surface area contributed by atoms with Gasteiger partial charge >= 0.3 is 6.18 Å². The third kappa shape index (κ3) is 5.57. The van der Waals surface area contributed by atoms with Crippen molar-refractivity contribution in [3.05, 3.63) is 0 Å². The van der Waals surface area contributed by atoms with Crippen LogP contribution in [0.15, 0.2) is 0 Å².